The maximum Gasteiger partial charge on any atom is 0.407 e. The van der Waals surface area contributed by atoms with Crippen molar-refractivity contribution in [1.82, 2.24) is 15.5 Å². The summed E-state index contributed by atoms with van der Waals surface area (Å²) in [5, 5.41) is 5.17. The van der Waals surface area contributed by atoms with Crippen LogP contribution >= 0.6 is 0 Å². The predicted octanol–water partition coefficient (Wildman–Crippen LogP) is 2.51. The van der Waals surface area contributed by atoms with E-state index in [0.29, 0.717) is 6.42 Å². The van der Waals surface area contributed by atoms with Crippen molar-refractivity contribution in [1.29, 1.82) is 0 Å². The second kappa shape index (κ2) is 9.91. The molecule has 0 unspecified atom stereocenters. The number of carbonyl (C=O) groups is 3. The Bertz CT molecular complexity index is 883. The number of nitrogens with zero attached hydrogens (tertiary/aromatic N) is 1. The average Bonchev–Trinajstić information content (AvgIpc) is 3.10. The fourth-order valence-electron chi connectivity index (χ4n) is 3.71. The molecule has 3 amide bonds. The zero-order valence-corrected chi connectivity index (χ0v) is 17.3. The Morgan fingerprint density at radius 1 is 1.00 bits per heavy atom. The number of hydrogen-bond acceptors (Lipinski definition) is 4. The van der Waals surface area contributed by atoms with E-state index in [9.17, 15) is 14.4 Å². The van der Waals surface area contributed by atoms with Gasteiger partial charge >= 0.3 is 6.09 Å². The molecule has 0 saturated heterocycles. The van der Waals surface area contributed by atoms with Crippen LogP contribution in [0.15, 0.2) is 48.5 Å². The topological polar surface area (TPSA) is 87.7 Å². The van der Waals surface area contributed by atoms with Gasteiger partial charge in [-0.15, -0.1) is 0 Å². The van der Waals surface area contributed by atoms with Crippen molar-refractivity contribution in [3.8, 4) is 11.1 Å². The van der Waals surface area contributed by atoms with E-state index in [2.05, 4.69) is 34.9 Å². The van der Waals surface area contributed by atoms with Gasteiger partial charge in [-0.2, -0.15) is 0 Å². The number of nitrogens with one attached hydrogen (secondary N) is 2. The number of ether oxygens (including phenoxy) is 1. The zero-order chi connectivity index (χ0) is 21.5. The normalized spacial score (nSPS) is 11.9. The summed E-state index contributed by atoms with van der Waals surface area (Å²) in [5.74, 6) is -0.402. The molecule has 7 heteroatoms. The van der Waals surface area contributed by atoms with Crippen LogP contribution in [0.3, 0.4) is 0 Å². The van der Waals surface area contributed by atoms with E-state index < -0.39 is 6.09 Å². The predicted molar refractivity (Wildman–Crippen MR) is 114 cm³/mol. The van der Waals surface area contributed by atoms with Crippen LogP contribution in [0.5, 0.6) is 0 Å². The third-order valence-electron chi connectivity index (χ3n) is 5.26. The van der Waals surface area contributed by atoms with Crippen molar-refractivity contribution in [3.63, 3.8) is 0 Å². The van der Waals surface area contributed by atoms with Gasteiger partial charge in [0.15, 0.2) is 0 Å². The van der Waals surface area contributed by atoms with Crippen molar-refractivity contribution in [2.24, 2.45) is 0 Å². The van der Waals surface area contributed by atoms with E-state index in [4.69, 9.17) is 4.74 Å². The van der Waals surface area contributed by atoms with Gasteiger partial charge in [0.1, 0.15) is 6.61 Å². The first-order chi connectivity index (χ1) is 14.5. The van der Waals surface area contributed by atoms with E-state index in [1.807, 2.05) is 24.3 Å². The molecule has 0 aromatic heterocycles. The van der Waals surface area contributed by atoms with Gasteiger partial charge < -0.3 is 20.3 Å². The van der Waals surface area contributed by atoms with Gasteiger partial charge in [-0.3, -0.25) is 9.59 Å². The lowest BCUT2D eigenvalue weighted by molar-refractivity contribution is -0.135. The fourth-order valence-corrected chi connectivity index (χ4v) is 3.71. The lowest BCUT2D eigenvalue weighted by Gasteiger charge is -2.21. The van der Waals surface area contributed by atoms with Crippen molar-refractivity contribution in [2.75, 3.05) is 33.3 Å². The van der Waals surface area contributed by atoms with Crippen LogP contribution in [0.2, 0.25) is 0 Å². The molecule has 0 heterocycles. The van der Waals surface area contributed by atoms with Crippen LogP contribution in [0.25, 0.3) is 11.1 Å². The standard InChI is InChI=1S/C23H27N3O4/c1-3-22(28)26(14-21(27)24-2)13-12-25-23(29)30-15-20-18-10-6-4-8-16(18)17-9-5-7-11-19(17)20/h4-11,20H,3,12-15H2,1-2H3,(H,24,27)(H,25,29). The molecule has 0 spiro atoms. The van der Waals surface area contributed by atoms with Gasteiger partial charge in [-0.05, 0) is 22.3 Å². The minimum Gasteiger partial charge on any atom is -0.449 e. The quantitative estimate of drug-likeness (QED) is 0.701. The van der Waals surface area contributed by atoms with Gasteiger partial charge in [0, 0.05) is 32.5 Å². The highest BCUT2D eigenvalue weighted by Crippen LogP contribution is 2.44. The summed E-state index contributed by atoms with van der Waals surface area (Å²) in [7, 11) is 1.52. The van der Waals surface area contributed by atoms with Gasteiger partial charge in [-0.25, -0.2) is 4.79 Å². The Morgan fingerprint density at radius 2 is 1.60 bits per heavy atom. The van der Waals surface area contributed by atoms with Gasteiger partial charge in [-0.1, -0.05) is 55.5 Å². The van der Waals surface area contributed by atoms with Gasteiger partial charge in [0.25, 0.3) is 0 Å². The molecule has 0 atom stereocenters. The molecule has 0 aliphatic heterocycles. The zero-order valence-electron chi connectivity index (χ0n) is 17.3. The Hall–Kier alpha value is -3.35. The number of rotatable bonds is 8. The maximum atomic E-state index is 12.2. The van der Waals surface area contributed by atoms with Crippen LogP contribution in [0.1, 0.15) is 30.4 Å². The molecular formula is C23H27N3O4. The minimum atomic E-state index is -0.541. The lowest BCUT2D eigenvalue weighted by atomic mass is 9.98. The monoisotopic (exact) mass is 409 g/mol. The lowest BCUT2D eigenvalue weighted by Crippen LogP contribution is -2.43. The number of likely N-dealkylation sites (N-methyl/N-ethyl adjacent to an activating group) is 1. The number of fused-ring (bicyclic) bond motifs is 3. The van der Waals surface area contributed by atoms with Crippen molar-refractivity contribution < 1.29 is 19.1 Å². The molecule has 0 fully saturated rings. The Kier molecular flexibility index (Phi) is 7.06. The highest BCUT2D eigenvalue weighted by atomic mass is 16.5. The van der Waals surface area contributed by atoms with Crippen LogP contribution in [0.4, 0.5) is 4.79 Å². The molecule has 30 heavy (non-hydrogen) atoms. The second-order valence-electron chi connectivity index (χ2n) is 7.09. The first-order valence-electron chi connectivity index (χ1n) is 10.1. The van der Waals surface area contributed by atoms with Crippen molar-refractivity contribution >= 4 is 17.9 Å². The van der Waals surface area contributed by atoms with Crippen molar-refractivity contribution in [3.05, 3.63) is 59.7 Å². The molecular weight excluding hydrogens is 382 g/mol. The number of hydrogen-bond donors (Lipinski definition) is 2. The molecule has 1 aliphatic rings. The molecule has 0 bridgehead atoms. The van der Waals surface area contributed by atoms with Crippen LogP contribution in [0, 0.1) is 0 Å². The van der Waals surface area contributed by atoms with E-state index in [-0.39, 0.29) is 44.0 Å². The Morgan fingerprint density at radius 3 is 2.17 bits per heavy atom. The number of carbonyl (C=O) groups excluding carboxylic acids is 3. The molecule has 2 aromatic rings. The first kappa shape index (κ1) is 21.4. The molecule has 158 valence electrons. The third kappa shape index (κ3) is 4.79. The minimum absolute atomic E-state index is 0.00503. The van der Waals surface area contributed by atoms with E-state index in [1.165, 1.54) is 23.1 Å². The summed E-state index contributed by atoms with van der Waals surface area (Å²) in [5.41, 5.74) is 4.64. The van der Waals surface area contributed by atoms with Crippen molar-refractivity contribution in [2.45, 2.75) is 19.3 Å². The number of benzene rings is 2. The summed E-state index contributed by atoms with van der Waals surface area (Å²) in [6.45, 7) is 2.38. The highest BCUT2D eigenvalue weighted by molar-refractivity contribution is 5.84. The molecule has 2 aromatic carbocycles. The molecule has 1 aliphatic carbocycles. The molecule has 0 radical (unpaired) electrons. The van der Waals surface area contributed by atoms with Crippen LogP contribution < -0.4 is 10.6 Å². The summed E-state index contributed by atoms with van der Waals surface area (Å²) in [4.78, 5) is 37.2. The van der Waals surface area contributed by atoms with Crippen LogP contribution in [-0.4, -0.2) is 56.1 Å². The fraction of sp³-hybridized carbons (Fsp3) is 0.348. The van der Waals surface area contributed by atoms with Gasteiger partial charge in [0.2, 0.25) is 11.8 Å². The Balaban J connectivity index is 1.54. The summed E-state index contributed by atoms with van der Waals surface area (Å²) in [6.07, 6.45) is -0.247. The molecule has 0 saturated carbocycles. The largest absolute Gasteiger partial charge is 0.449 e. The highest BCUT2D eigenvalue weighted by Gasteiger charge is 2.29. The maximum absolute atomic E-state index is 12.2. The molecule has 7 nitrogen and oxygen atoms in total. The molecule has 3 rings (SSSR count). The summed E-state index contributed by atoms with van der Waals surface area (Å²) in [6, 6.07) is 16.3. The summed E-state index contributed by atoms with van der Waals surface area (Å²) >= 11 is 0. The second-order valence-corrected chi connectivity index (χ2v) is 7.09. The number of alkyl carbamates (subject to hydrolysis) is 1. The SMILES string of the molecule is CCC(=O)N(CCNC(=O)OCC1c2ccccc2-c2ccccc21)CC(=O)NC. The van der Waals surface area contributed by atoms with Crippen LogP contribution in [-0.2, 0) is 14.3 Å². The first-order valence-corrected chi connectivity index (χ1v) is 10.1. The summed E-state index contributed by atoms with van der Waals surface area (Å²) < 4.78 is 5.48. The van der Waals surface area contributed by atoms with E-state index >= 15 is 0 Å². The van der Waals surface area contributed by atoms with E-state index in [1.54, 1.807) is 6.92 Å². The smallest absolute Gasteiger partial charge is 0.407 e. The third-order valence-corrected chi connectivity index (χ3v) is 5.26. The number of amides is 3. The van der Waals surface area contributed by atoms with Gasteiger partial charge in [0.05, 0.1) is 6.54 Å². The van der Waals surface area contributed by atoms with E-state index in [0.717, 1.165) is 11.1 Å². The average molecular weight is 409 g/mol. The Labute approximate surface area is 176 Å². The molecule has 2 N–H and O–H groups in total.